The number of alkyl halides is 1. The van der Waals surface area contributed by atoms with Gasteiger partial charge in [0, 0.05) is 157 Å². The predicted octanol–water partition coefficient (Wildman–Crippen LogP) is 9.13. The molecule has 4 aromatic rings. The lowest BCUT2D eigenvalue weighted by Gasteiger charge is -2.24. The van der Waals surface area contributed by atoms with Crippen molar-refractivity contribution in [1.82, 2.24) is 64.9 Å². The van der Waals surface area contributed by atoms with E-state index in [-0.39, 0.29) is 46.8 Å². The summed E-state index contributed by atoms with van der Waals surface area (Å²) in [6.45, 7) is 57.8. The van der Waals surface area contributed by atoms with Crippen LogP contribution in [0, 0.1) is 59.2 Å². The minimum absolute atomic E-state index is 0.0985. The number of amides is 2. The highest BCUT2D eigenvalue weighted by molar-refractivity contribution is 9.09. The number of fused-ring (bicyclic) bond motifs is 5. The number of benzene rings is 4. The predicted molar refractivity (Wildman–Crippen MR) is 446 cm³/mol. The molecule has 0 unspecified atom stereocenters. The molecule has 10 fully saturated rings. The van der Waals surface area contributed by atoms with Crippen molar-refractivity contribution in [3.63, 3.8) is 0 Å². The van der Waals surface area contributed by atoms with Crippen molar-refractivity contribution in [2.24, 2.45) is 59.2 Å². The van der Waals surface area contributed by atoms with Crippen molar-refractivity contribution < 1.29 is 38.6 Å². The Labute approximate surface area is 670 Å². The van der Waals surface area contributed by atoms with Gasteiger partial charge in [-0.3, -0.25) is 63.2 Å². The Hall–Kier alpha value is -5.73. The molecule has 110 heavy (non-hydrogen) atoms. The van der Waals surface area contributed by atoms with Gasteiger partial charge in [0.2, 0.25) is 11.8 Å². The third-order valence-corrected chi connectivity index (χ3v) is 23.4. The highest BCUT2D eigenvalue weighted by Crippen LogP contribution is 2.35. The van der Waals surface area contributed by atoms with Gasteiger partial charge in [-0.2, -0.15) is 0 Å². The molecule has 10 atom stereocenters. The number of hydrogen-bond donors (Lipinski definition) is 4. The van der Waals surface area contributed by atoms with E-state index < -0.39 is 5.97 Å². The molecule has 612 valence electrons. The Morgan fingerprint density at radius 3 is 0.836 bits per heavy atom. The van der Waals surface area contributed by atoms with Gasteiger partial charge >= 0.3 is 17.9 Å². The van der Waals surface area contributed by atoms with E-state index in [1.54, 1.807) is 0 Å². The molecule has 2 amide bonds. The van der Waals surface area contributed by atoms with E-state index in [9.17, 15) is 24.0 Å². The summed E-state index contributed by atoms with van der Waals surface area (Å²) >= 11 is 2.99. The molecule has 22 heteroatoms. The minimum atomic E-state index is -0.707. The smallest absolute Gasteiger partial charge is 0.320 e. The molecule has 0 aromatic heterocycles. The lowest BCUT2D eigenvalue weighted by molar-refractivity contribution is -0.156. The van der Waals surface area contributed by atoms with Crippen LogP contribution >= 0.6 is 15.9 Å². The van der Waals surface area contributed by atoms with Crippen molar-refractivity contribution >= 4 is 45.7 Å². The van der Waals surface area contributed by atoms with E-state index >= 15 is 0 Å². The number of carbonyl (C=O) groups is 5. The van der Waals surface area contributed by atoms with Gasteiger partial charge in [0.05, 0.1) is 26.2 Å². The van der Waals surface area contributed by atoms with E-state index in [2.05, 4.69) is 214 Å². The number of esters is 2. The van der Waals surface area contributed by atoms with Crippen LogP contribution in [-0.4, -0.2) is 297 Å². The van der Waals surface area contributed by atoms with Crippen molar-refractivity contribution in [1.29, 1.82) is 0 Å². The van der Waals surface area contributed by atoms with E-state index in [1.807, 2.05) is 71.3 Å². The average molecular weight is 1590 g/mol. The van der Waals surface area contributed by atoms with Crippen LogP contribution in [-0.2, 0) is 59.6 Å². The summed E-state index contributed by atoms with van der Waals surface area (Å²) in [6, 6.07) is 42.8. The molecular formula is C88H140BrN13O8. The highest BCUT2D eigenvalue weighted by Gasteiger charge is 2.44. The van der Waals surface area contributed by atoms with Gasteiger partial charge in [-0.25, -0.2) is 0 Å². The molecule has 0 radical (unpaired) electrons. The Kier molecular flexibility index (Phi) is 37.5. The maximum atomic E-state index is 12.3. The standard InChI is InChI=1S/C19H29N3O.C19H28N2O2.C15H20N2O2.C13H18N2.C12H23N3O.C6H11BrO2.C4H11N/c1-3-22(4-2)19(23)15-21-13-17-11-20(12-18(17)14-21)10-16-8-6-5-7-9-16;1-19(2,3)23-18(22)14-21-12-16-10-20(11-17(16)13-21)9-15-7-5-4-6-8-15;18-15(19)11-17-9-13-7-16(8-14(13)10-17)6-12-4-2-1-3-5-12;1-2-4-11(5-3-1)8-15-9-12-6-14-7-13(12)10-15;1-3-15(4-2)12(16)9-14-7-10-5-13-6-11(10)8-14;1-6(2,3)9-5(8)4-7;1-3-5-4-2/h5-9,17-18H,3-4,10-15H2,1-2H3;4-8,16-17H,9-14H2,1-3H3;1-5,13-14H,6-11H2,(H,18,19);1-5,12-14H,6-10H2;10-11,13H,3-9H2,1-2H3;4H2,1-3H3;5H,3-4H2,1-2H3/t17-,18+;16-,17+;13-,14+;12-,13+;10-,11+;;. The number of aliphatic carboxylic acids is 1. The van der Waals surface area contributed by atoms with Crippen LogP contribution in [0.1, 0.15) is 105 Å². The van der Waals surface area contributed by atoms with Crippen LogP contribution in [0.3, 0.4) is 0 Å². The molecule has 0 aliphatic carbocycles. The quantitative estimate of drug-likeness (QED) is 0.0406. The first kappa shape index (κ1) is 89.8. The Morgan fingerprint density at radius 1 is 0.373 bits per heavy atom. The first-order chi connectivity index (χ1) is 52.8. The number of carboxylic acid groups (broad SMARTS) is 1. The van der Waals surface area contributed by atoms with Gasteiger partial charge in [-0.15, -0.1) is 0 Å². The number of halogens is 1. The second-order valence-corrected chi connectivity index (χ2v) is 34.8. The second kappa shape index (κ2) is 46.0. The molecule has 14 rings (SSSR count). The Balaban J connectivity index is 0.000000167. The summed E-state index contributed by atoms with van der Waals surface area (Å²) < 4.78 is 10.3. The fourth-order valence-corrected chi connectivity index (χ4v) is 18.1. The number of nitrogens with zero attached hydrogens (tertiary/aromatic N) is 10. The van der Waals surface area contributed by atoms with Gasteiger partial charge in [0.25, 0.3) is 0 Å². The second-order valence-electron chi connectivity index (χ2n) is 34.2. The number of carbonyl (C=O) groups excluding carboxylic acids is 4. The van der Waals surface area contributed by atoms with Crippen molar-refractivity contribution in [2.75, 3.05) is 202 Å². The number of ether oxygens (including phenoxy) is 2. The number of likely N-dealkylation sites (N-methyl/N-ethyl adjacent to an activating group) is 2. The van der Waals surface area contributed by atoms with Crippen molar-refractivity contribution in [3.05, 3.63) is 144 Å². The molecule has 10 saturated heterocycles. The lowest BCUT2D eigenvalue weighted by Crippen LogP contribution is -2.40. The van der Waals surface area contributed by atoms with Gasteiger partial charge in [-0.05, 0) is 190 Å². The summed E-state index contributed by atoms with van der Waals surface area (Å²) in [7, 11) is 0. The van der Waals surface area contributed by atoms with Crippen LogP contribution in [0.5, 0.6) is 0 Å². The zero-order valence-electron chi connectivity index (χ0n) is 69.2. The van der Waals surface area contributed by atoms with Gasteiger partial charge in [-0.1, -0.05) is 151 Å². The average Bonchev–Trinajstić information content (AvgIpc) is 1.66. The molecule has 0 spiro atoms. The third-order valence-electron chi connectivity index (χ3n) is 22.9. The molecule has 4 aromatic carbocycles. The SMILES string of the molecule is CC(C)(C)OC(=O)CBr.CC(C)(C)OC(=O)CN1C[C@@H]2CN(Cc3ccccc3)C[C@@H]2C1.CCN(CC)C(=O)CN1C[C@@H]2CN(Cc3ccccc3)C[C@@H]2C1.CCN(CC)C(=O)CN1C[C@H]2CNC[C@H]2C1.CCNCC.O=C(O)CN1C[C@@H]2CN(Cc3ccccc3)C[C@@H]2C1.c1ccc(CN2C[C@H]3CNC[C@H]3C2)cc1. The highest BCUT2D eigenvalue weighted by atomic mass is 79.9. The van der Waals surface area contributed by atoms with Crippen LogP contribution < -0.4 is 16.0 Å². The fourth-order valence-electron chi connectivity index (χ4n) is 18.0. The van der Waals surface area contributed by atoms with E-state index in [1.165, 1.54) is 61.5 Å². The zero-order chi connectivity index (χ0) is 79.2. The first-order valence-corrected chi connectivity index (χ1v) is 42.8. The monoisotopic (exact) mass is 1590 g/mol. The van der Waals surface area contributed by atoms with Crippen molar-refractivity contribution in [2.45, 2.75) is 120 Å². The summed E-state index contributed by atoms with van der Waals surface area (Å²) in [6.07, 6.45) is 0. The van der Waals surface area contributed by atoms with E-state index in [0.29, 0.717) is 43.3 Å². The number of rotatable bonds is 23. The normalized spacial score (nSPS) is 25.0. The van der Waals surface area contributed by atoms with Gasteiger partial charge in [0.15, 0.2) is 0 Å². The van der Waals surface area contributed by atoms with Crippen LogP contribution in [0.2, 0.25) is 0 Å². The summed E-state index contributed by atoms with van der Waals surface area (Å²) in [5, 5.41) is 19.1. The van der Waals surface area contributed by atoms with Crippen molar-refractivity contribution in [3.8, 4) is 0 Å². The van der Waals surface area contributed by atoms with Crippen LogP contribution in [0.15, 0.2) is 121 Å². The maximum absolute atomic E-state index is 12.3. The Bertz CT molecular complexity index is 3240. The van der Waals surface area contributed by atoms with Gasteiger partial charge in [0.1, 0.15) is 16.5 Å². The summed E-state index contributed by atoms with van der Waals surface area (Å²) in [5.41, 5.74) is 4.86. The van der Waals surface area contributed by atoms with E-state index in [4.69, 9.17) is 14.6 Å². The molecule has 10 aliphatic rings. The summed E-state index contributed by atoms with van der Waals surface area (Å²) in [5.74, 6) is 7.12. The largest absolute Gasteiger partial charge is 0.480 e. The fraction of sp³-hybridized carbons (Fsp3) is 0.670. The van der Waals surface area contributed by atoms with Crippen LogP contribution in [0.4, 0.5) is 0 Å². The molecule has 0 bridgehead atoms. The molecule has 10 heterocycles. The first-order valence-electron chi connectivity index (χ1n) is 41.6. The topological polar surface area (TPSA) is 193 Å². The molecule has 0 saturated carbocycles. The zero-order valence-corrected chi connectivity index (χ0v) is 70.8. The molecule has 10 aliphatic heterocycles. The van der Waals surface area contributed by atoms with E-state index in [0.717, 1.165) is 193 Å². The lowest BCUT2D eigenvalue weighted by atomic mass is 10.0. The summed E-state index contributed by atoms with van der Waals surface area (Å²) in [4.78, 5) is 80.6. The molecule has 4 N–H and O–H groups in total. The number of carboxylic acids is 1. The van der Waals surface area contributed by atoms with Gasteiger partial charge < -0.3 is 40.3 Å². The van der Waals surface area contributed by atoms with Crippen LogP contribution in [0.25, 0.3) is 0 Å². The molecular weight excluding hydrogens is 1450 g/mol. The number of nitrogens with one attached hydrogen (secondary N) is 3. The Morgan fingerprint density at radius 2 is 0.609 bits per heavy atom. The number of hydrogen-bond acceptors (Lipinski definition) is 18. The minimum Gasteiger partial charge on any atom is -0.480 e. The maximum Gasteiger partial charge on any atom is 0.320 e. The third kappa shape index (κ3) is 30.9. The number of likely N-dealkylation sites (tertiary alicyclic amines) is 8. The molecule has 21 nitrogen and oxygen atoms in total.